The number of carbonyl (C=O) groups is 2. The fourth-order valence-electron chi connectivity index (χ4n) is 4.05. The van der Waals surface area contributed by atoms with Gasteiger partial charge in [-0.3, -0.25) is 9.59 Å². The maximum absolute atomic E-state index is 13.4. The Bertz CT molecular complexity index is 1250. The fourth-order valence-corrected chi connectivity index (χ4v) is 6.23. The quantitative estimate of drug-likeness (QED) is 0.651. The molecule has 2 aromatic carbocycles. The molecule has 0 bridgehead atoms. The number of carbonyl (C=O) groups excluding carboxylic acids is 2. The maximum atomic E-state index is 13.4. The smallest absolute Gasteiger partial charge is 0.262 e. The molecule has 0 aliphatic carbocycles. The van der Waals surface area contributed by atoms with Crippen LogP contribution in [-0.2, 0) is 26.2 Å². The number of hydrogen-bond acceptors (Lipinski definition) is 7. The predicted octanol–water partition coefficient (Wildman–Crippen LogP) is 1.87. The zero-order chi connectivity index (χ0) is 23.2. The lowest BCUT2D eigenvalue weighted by Crippen LogP contribution is -2.45. The molecule has 2 N–H and O–H groups in total. The topological polar surface area (TPSA) is 123 Å². The molecule has 0 unspecified atom stereocenters. The SMILES string of the molecule is O=C1COc2cc(S(=O)(=O)N3CCC[C@H]3C(=O)NCc3ccc4c(c3)OCO4)c(Cl)cc2N1. The van der Waals surface area contributed by atoms with E-state index in [-0.39, 0.29) is 48.1 Å². The molecular weight excluding hydrogens is 474 g/mol. The maximum Gasteiger partial charge on any atom is 0.262 e. The molecule has 3 aliphatic rings. The highest BCUT2D eigenvalue weighted by molar-refractivity contribution is 7.89. The van der Waals surface area contributed by atoms with Crippen molar-refractivity contribution in [2.75, 3.05) is 25.3 Å². The highest BCUT2D eigenvalue weighted by Gasteiger charge is 2.40. The van der Waals surface area contributed by atoms with E-state index < -0.39 is 22.0 Å². The second-order valence-electron chi connectivity index (χ2n) is 7.79. The van der Waals surface area contributed by atoms with Crippen LogP contribution in [0, 0.1) is 0 Å². The lowest BCUT2D eigenvalue weighted by atomic mass is 10.2. The number of halogens is 1. The van der Waals surface area contributed by atoms with E-state index in [0.717, 1.165) is 9.87 Å². The molecule has 10 nitrogen and oxygen atoms in total. The van der Waals surface area contributed by atoms with Gasteiger partial charge >= 0.3 is 0 Å². The van der Waals surface area contributed by atoms with Crippen molar-refractivity contribution in [2.24, 2.45) is 0 Å². The molecule has 3 aliphatic heterocycles. The fraction of sp³-hybridized carbons (Fsp3) is 0.333. The van der Waals surface area contributed by atoms with Gasteiger partial charge in [-0.25, -0.2) is 8.42 Å². The molecule has 1 saturated heterocycles. The van der Waals surface area contributed by atoms with E-state index in [1.807, 2.05) is 6.07 Å². The highest BCUT2D eigenvalue weighted by atomic mass is 35.5. The minimum absolute atomic E-state index is 0.0639. The van der Waals surface area contributed by atoms with Gasteiger partial charge in [-0.1, -0.05) is 17.7 Å². The molecule has 12 heteroatoms. The summed E-state index contributed by atoms with van der Waals surface area (Å²) in [6.45, 7) is 0.341. The summed E-state index contributed by atoms with van der Waals surface area (Å²) in [5.74, 6) is 0.704. The number of hydrogen-bond donors (Lipinski definition) is 2. The lowest BCUT2D eigenvalue weighted by molar-refractivity contribution is -0.124. The van der Waals surface area contributed by atoms with Crippen molar-refractivity contribution in [1.82, 2.24) is 9.62 Å². The molecular formula is C21H20ClN3O7S. The van der Waals surface area contributed by atoms with Crippen molar-refractivity contribution in [3.05, 3.63) is 40.9 Å². The number of ether oxygens (including phenoxy) is 3. The monoisotopic (exact) mass is 493 g/mol. The minimum atomic E-state index is -4.09. The zero-order valence-corrected chi connectivity index (χ0v) is 18.9. The Morgan fingerprint density at radius 2 is 1.97 bits per heavy atom. The van der Waals surface area contributed by atoms with Gasteiger partial charge in [-0.2, -0.15) is 4.31 Å². The Kier molecular flexibility index (Phi) is 5.55. The van der Waals surface area contributed by atoms with Crippen LogP contribution in [0.4, 0.5) is 5.69 Å². The summed E-state index contributed by atoms with van der Waals surface area (Å²) in [5.41, 5.74) is 1.10. The molecule has 1 fully saturated rings. The Balaban J connectivity index is 1.33. The van der Waals surface area contributed by atoms with Crippen LogP contribution in [0.1, 0.15) is 18.4 Å². The van der Waals surface area contributed by atoms with Gasteiger partial charge in [0.1, 0.15) is 16.7 Å². The summed E-state index contributed by atoms with van der Waals surface area (Å²) in [4.78, 5) is 24.2. The number of nitrogens with zero attached hydrogens (tertiary/aromatic N) is 1. The van der Waals surface area contributed by atoms with Crippen LogP contribution >= 0.6 is 11.6 Å². The van der Waals surface area contributed by atoms with E-state index in [1.54, 1.807) is 12.1 Å². The molecule has 0 aromatic heterocycles. The normalized spacial score (nSPS) is 19.5. The molecule has 2 amide bonds. The van der Waals surface area contributed by atoms with Crippen LogP contribution in [0.15, 0.2) is 35.2 Å². The van der Waals surface area contributed by atoms with Crippen molar-refractivity contribution in [3.8, 4) is 17.2 Å². The first-order valence-electron chi connectivity index (χ1n) is 10.3. The summed E-state index contributed by atoms with van der Waals surface area (Å²) in [6.07, 6.45) is 0.928. The summed E-state index contributed by atoms with van der Waals surface area (Å²) in [5, 5.41) is 5.33. The summed E-state index contributed by atoms with van der Waals surface area (Å²) in [6, 6.07) is 7.10. The van der Waals surface area contributed by atoms with Crippen molar-refractivity contribution in [2.45, 2.75) is 30.3 Å². The average molecular weight is 494 g/mol. The molecule has 0 spiro atoms. The van der Waals surface area contributed by atoms with Gasteiger partial charge in [0.25, 0.3) is 5.91 Å². The predicted molar refractivity (Wildman–Crippen MR) is 117 cm³/mol. The average Bonchev–Trinajstić information content (AvgIpc) is 3.46. The first-order chi connectivity index (χ1) is 15.8. The van der Waals surface area contributed by atoms with E-state index in [1.165, 1.54) is 12.1 Å². The summed E-state index contributed by atoms with van der Waals surface area (Å²) in [7, 11) is -4.09. The Labute approximate surface area is 194 Å². The Morgan fingerprint density at radius 3 is 2.82 bits per heavy atom. The largest absolute Gasteiger partial charge is 0.482 e. The van der Waals surface area contributed by atoms with Gasteiger partial charge in [0.15, 0.2) is 18.1 Å². The van der Waals surface area contributed by atoms with Crippen LogP contribution < -0.4 is 24.8 Å². The third kappa shape index (κ3) is 4.07. The van der Waals surface area contributed by atoms with E-state index in [2.05, 4.69) is 10.6 Å². The molecule has 1 atom stereocenters. The molecule has 2 aromatic rings. The lowest BCUT2D eigenvalue weighted by Gasteiger charge is -2.25. The van der Waals surface area contributed by atoms with Gasteiger partial charge < -0.3 is 24.8 Å². The summed E-state index contributed by atoms with van der Waals surface area (Å²) >= 11 is 6.25. The van der Waals surface area contributed by atoms with Crippen molar-refractivity contribution >= 4 is 39.1 Å². The highest BCUT2D eigenvalue weighted by Crippen LogP contribution is 2.38. The van der Waals surface area contributed by atoms with E-state index >= 15 is 0 Å². The number of nitrogens with one attached hydrogen (secondary N) is 2. The Morgan fingerprint density at radius 1 is 1.15 bits per heavy atom. The number of benzene rings is 2. The molecule has 174 valence electrons. The molecule has 33 heavy (non-hydrogen) atoms. The van der Waals surface area contributed by atoms with Crippen LogP contribution in [-0.4, -0.2) is 50.5 Å². The third-order valence-electron chi connectivity index (χ3n) is 5.66. The number of fused-ring (bicyclic) bond motifs is 2. The van der Waals surface area contributed by atoms with Crippen molar-refractivity contribution < 1.29 is 32.2 Å². The van der Waals surface area contributed by atoms with Gasteiger partial charge in [0, 0.05) is 19.2 Å². The molecule has 3 heterocycles. The first-order valence-corrected chi connectivity index (χ1v) is 12.1. The van der Waals surface area contributed by atoms with Gasteiger partial charge in [-0.05, 0) is 36.6 Å². The first kappa shape index (κ1) is 21.8. The second kappa shape index (κ2) is 8.40. The number of sulfonamides is 1. The standard InChI is InChI=1S/C21H20ClN3O7S/c22-13-7-14-17(30-10-20(26)24-14)8-19(13)33(28,29)25-5-1-2-15(25)21(27)23-9-12-3-4-16-18(6-12)32-11-31-16/h3-4,6-8,15H,1-2,5,9-11H2,(H,23,27)(H,24,26)/t15-/m0/s1. The van der Waals surface area contributed by atoms with Crippen LogP contribution in [0.3, 0.4) is 0 Å². The minimum Gasteiger partial charge on any atom is -0.482 e. The van der Waals surface area contributed by atoms with Crippen molar-refractivity contribution in [3.63, 3.8) is 0 Å². The molecule has 0 radical (unpaired) electrons. The number of amides is 2. The van der Waals surface area contributed by atoms with E-state index in [9.17, 15) is 18.0 Å². The zero-order valence-electron chi connectivity index (χ0n) is 17.3. The molecule has 5 rings (SSSR count). The second-order valence-corrected chi connectivity index (χ2v) is 10.1. The van der Waals surface area contributed by atoms with Crippen LogP contribution in [0.5, 0.6) is 17.2 Å². The van der Waals surface area contributed by atoms with Gasteiger partial charge in [-0.15, -0.1) is 0 Å². The summed E-state index contributed by atoms with van der Waals surface area (Å²) < 4.78 is 43.9. The van der Waals surface area contributed by atoms with E-state index in [4.69, 9.17) is 25.8 Å². The molecule has 0 saturated carbocycles. The van der Waals surface area contributed by atoms with Gasteiger partial charge in [0.05, 0.1) is 10.7 Å². The Hall–Kier alpha value is -3.02. The van der Waals surface area contributed by atoms with Crippen LogP contribution in [0.25, 0.3) is 0 Å². The number of anilines is 1. The van der Waals surface area contributed by atoms with Gasteiger partial charge in [0.2, 0.25) is 22.7 Å². The third-order valence-corrected chi connectivity index (χ3v) is 8.04. The van der Waals surface area contributed by atoms with Crippen LogP contribution in [0.2, 0.25) is 5.02 Å². The van der Waals surface area contributed by atoms with Crippen molar-refractivity contribution in [1.29, 1.82) is 0 Å². The number of rotatable bonds is 5. The van der Waals surface area contributed by atoms with E-state index in [0.29, 0.717) is 30.0 Å².